The van der Waals surface area contributed by atoms with Gasteiger partial charge in [0.2, 0.25) is 5.91 Å². The number of amides is 3. The molecule has 0 aromatic rings. The van der Waals surface area contributed by atoms with Crippen molar-refractivity contribution in [3.05, 3.63) is 0 Å². The van der Waals surface area contributed by atoms with E-state index in [1.54, 1.807) is 0 Å². The number of primary amides is 1. The predicted molar refractivity (Wildman–Crippen MR) is 77.3 cm³/mol. The quantitative estimate of drug-likeness (QED) is 0.721. The lowest BCUT2D eigenvalue weighted by Crippen LogP contribution is -2.50. The third kappa shape index (κ3) is 5.24. The van der Waals surface area contributed by atoms with Crippen LogP contribution >= 0.6 is 0 Å². The van der Waals surface area contributed by atoms with Gasteiger partial charge in [-0.3, -0.25) is 4.79 Å². The van der Waals surface area contributed by atoms with E-state index >= 15 is 0 Å². The molecule has 3 N–H and O–H groups in total. The van der Waals surface area contributed by atoms with Crippen LogP contribution in [0.2, 0.25) is 0 Å². The number of piperidine rings is 1. The Kier molecular flexibility index (Phi) is 6.45. The third-order valence-electron chi connectivity index (χ3n) is 3.61. The summed E-state index contributed by atoms with van der Waals surface area (Å²) in [5, 5.41) is 2.74. The molecule has 1 saturated heterocycles. The standard InChI is InChI=1S/C14H25N3O4/c1-9(2)7-11(13(19)21-3)16-12(18)10-5-4-6-17(8-10)14(15)20/h9-11H,4-8H2,1-3H3,(H2,15,20)(H,16,18). The lowest BCUT2D eigenvalue weighted by molar-refractivity contribution is -0.146. The molecule has 21 heavy (non-hydrogen) atoms. The van der Waals surface area contributed by atoms with Crippen LogP contribution in [0.1, 0.15) is 33.1 Å². The highest BCUT2D eigenvalue weighted by molar-refractivity contribution is 5.86. The minimum Gasteiger partial charge on any atom is -0.467 e. The van der Waals surface area contributed by atoms with Gasteiger partial charge in [0.15, 0.2) is 0 Å². The maximum atomic E-state index is 12.3. The molecule has 7 heteroatoms. The topological polar surface area (TPSA) is 102 Å². The van der Waals surface area contributed by atoms with Crippen molar-refractivity contribution in [1.29, 1.82) is 0 Å². The van der Waals surface area contributed by atoms with Gasteiger partial charge >= 0.3 is 12.0 Å². The molecule has 0 spiro atoms. The zero-order chi connectivity index (χ0) is 16.0. The highest BCUT2D eigenvalue weighted by Crippen LogP contribution is 2.17. The molecule has 2 atom stereocenters. The third-order valence-corrected chi connectivity index (χ3v) is 3.61. The normalized spacial score (nSPS) is 20.0. The molecule has 0 saturated carbocycles. The first-order chi connectivity index (χ1) is 9.85. The van der Waals surface area contributed by atoms with Crippen molar-refractivity contribution in [2.75, 3.05) is 20.2 Å². The molecule has 3 amide bonds. The van der Waals surface area contributed by atoms with E-state index < -0.39 is 18.0 Å². The van der Waals surface area contributed by atoms with Gasteiger partial charge in [0.1, 0.15) is 6.04 Å². The van der Waals surface area contributed by atoms with Crippen molar-refractivity contribution < 1.29 is 19.1 Å². The van der Waals surface area contributed by atoms with E-state index in [0.29, 0.717) is 25.9 Å². The van der Waals surface area contributed by atoms with Crippen molar-refractivity contribution in [3.63, 3.8) is 0 Å². The zero-order valence-electron chi connectivity index (χ0n) is 12.9. The predicted octanol–water partition coefficient (Wildman–Crippen LogP) is 0.481. The Morgan fingerprint density at radius 3 is 2.57 bits per heavy atom. The first kappa shape index (κ1) is 17.3. The number of nitrogens with zero attached hydrogens (tertiary/aromatic N) is 1. The number of carbonyl (C=O) groups is 3. The lowest BCUT2D eigenvalue weighted by atomic mass is 9.96. The van der Waals surface area contributed by atoms with Crippen LogP contribution in [0.15, 0.2) is 0 Å². The highest BCUT2D eigenvalue weighted by Gasteiger charge is 2.30. The Morgan fingerprint density at radius 1 is 1.38 bits per heavy atom. The van der Waals surface area contributed by atoms with E-state index in [-0.39, 0.29) is 17.7 Å². The van der Waals surface area contributed by atoms with E-state index in [2.05, 4.69) is 5.32 Å². The average Bonchev–Trinajstić information content (AvgIpc) is 2.45. The molecule has 1 heterocycles. The van der Waals surface area contributed by atoms with Gasteiger partial charge in [-0.25, -0.2) is 9.59 Å². The molecule has 1 fully saturated rings. The van der Waals surface area contributed by atoms with Crippen LogP contribution in [0, 0.1) is 11.8 Å². The fourth-order valence-corrected chi connectivity index (χ4v) is 2.51. The maximum absolute atomic E-state index is 12.3. The van der Waals surface area contributed by atoms with Crippen LogP contribution in [0.3, 0.4) is 0 Å². The number of hydrogen-bond donors (Lipinski definition) is 2. The van der Waals surface area contributed by atoms with Gasteiger partial charge in [0, 0.05) is 13.1 Å². The van der Waals surface area contributed by atoms with Crippen molar-refractivity contribution >= 4 is 17.9 Å². The molecule has 1 aliphatic heterocycles. The molecule has 0 bridgehead atoms. The molecule has 1 rings (SSSR count). The van der Waals surface area contributed by atoms with E-state index in [4.69, 9.17) is 10.5 Å². The van der Waals surface area contributed by atoms with E-state index in [0.717, 1.165) is 6.42 Å². The molecule has 0 radical (unpaired) electrons. The summed E-state index contributed by atoms with van der Waals surface area (Å²) >= 11 is 0. The highest BCUT2D eigenvalue weighted by atomic mass is 16.5. The van der Waals surface area contributed by atoms with Crippen molar-refractivity contribution in [1.82, 2.24) is 10.2 Å². The Bertz CT molecular complexity index is 398. The number of hydrogen-bond acceptors (Lipinski definition) is 4. The first-order valence-electron chi connectivity index (χ1n) is 7.27. The van der Waals surface area contributed by atoms with Gasteiger partial charge in [-0.15, -0.1) is 0 Å². The summed E-state index contributed by atoms with van der Waals surface area (Å²) in [6.07, 6.45) is 1.93. The van der Waals surface area contributed by atoms with Crippen molar-refractivity contribution in [2.24, 2.45) is 17.6 Å². The number of nitrogens with one attached hydrogen (secondary N) is 1. The molecule has 120 valence electrons. The lowest BCUT2D eigenvalue weighted by Gasteiger charge is -2.31. The molecule has 0 aliphatic carbocycles. The minimum absolute atomic E-state index is 0.225. The summed E-state index contributed by atoms with van der Waals surface area (Å²) in [5.41, 5.74) is 5.25. The molecule has 1 aliphatic rings. The number of urea groups is 1. The number of methoxy groups -OCH3 is 1. The molecular weight excluding hydrogens is 274 g/mol. The summed E-state index contributed by atoms with van der Waals surface area (Å²) in [4.78, 5) is 36.6. The summed E-state index contributed by atoms with van der Waals surface area (Å²) < 4.78 is 4.72. The van der Waals surface area contributed by atoms with Gasteiger partial charge < -0.3 is 20.7 Å². The summed E-state index contributed by atoms with van der Waals surface area (Å²) in [6, 6.07) is -1.16. The van der Waals surface area contributed by atoms with Crippen molar-refractivity contribution in [2.45, 2.75) is 39.2 Å². The number of likely N-dealkylation sites (tertiary alicyclic amines) is 1. The van der Waals surface area contributed by atoms with Gasteiger partial charge in [-0.05, 0) is 25.2 Å². The van der Waals surface area contributed by atoms with E-state index in [1.807, 2.05) is 13.8 Å². The smallest absolute Gasteiger partial charge is 0.328 e. The molecule has 2 unspecified atom stereocenters. The second-order valence-electron chi connectivity index (χ2n) is 5.84. The fourth-order valence-electron chi connectivity index (χ4n) is 2.51. The van der Waals surface area contributed by atoms with Crippen LogP contribution in [0.4, 0.5) is 4.79 Å². The van der Waals surface area contributed by atoms with Gasteiger partial charge in [-0.1, -0.05) is 13.8 Å². The van der Waals surface area contributed by atoms with Crippen LogP contribution in [0.5, 0.6) is 0 Å². The Labute approximate surface area is 125 Å². The van der Waals surface area contributed by atoms with Crippen LogP contribution < -0.4 is 11.1 Å². The first-order valence-corrected chi connectivity index (χ1v) is 7.27. The maximum Gasteiger partial charge on any atom is 0.328 e. The summed E-state index contributed by atoms with van der Waals surface area (Å²) in [6.45, 7) is 4.82. The van der Waals surface area contributed by atoms with Crippen LogP contribution in [-0.4, -0.2) is 49.0 Å². The number of nitrogens with two attached hydrogens (primary N) is 1. The summed E-state index contributed by atoms with van der Waals surface area (Å²) in [5.74, 6) is -0.745. The Balaban J connectivity index is 2.63. The summed E-state index contributed by atoms with van der Waals surface area (Å²) in [7, 11) is 1.30. The Hall–Kier alpha value is -1.79. The van der Waals surface area contributed by atoms with Gasteiger partial charge in [-0.2, -0.15) is 0 Å². The number of rotatable bonds is 5. The Morgan fingerprint density at radius 2 is 2.05 bits per heavy atom. The fraction of sp³-hybridized carbons (Fsp3) is 0.786. The minimum atomic E-state index is -0.647. The SMILES string of the molecule is COC(=O)C(CC(C)C)NC(=O)C1CCCN(C(N)=O)C1. The second-order valence-corrected chi connectivity index (χ2v) is 5.84. The molecule has 0 aromatic carbocycles. The van der Waals surface area contributed by atoms with Crippen molar-refractivity contribution in [3.8, 4) is 0 Å². The second kappa shape index (κ2) is 7.85. The number of ether oxygens (including phenoxy) is 1. The molecular formula is C14H25N3O4. The number of esters is 1. The largest absolute Gasteiger partial charge is 0.467 e. The van der Waals surface area contributed by atoms with E-state index in [9.17, 15) is 14.4 Å². The van der Waals surface area contributed by atoms with E-state index in [1.165, 1.54) is 12.0 Å². The number of carbonyl (C=O) groups excluding carboxylic acids is 3. The average molecular weight is 299 g/mol. The van der Waals surface area contributed by atoms with Crippen LogP contribution in [-0.2, 0) is 14.3 Å². The van der Waals surface area contributed by atoms with Gasteiger partial charge in [0.05, 0.1) is 13.0 Å². The molecule has 7 nitrogen and oxygen atoms in total. The van der Waals surface area contributed by atoms with Gasteiger partial charge in [0.25, 0.3) is 0 Å². The van der Waals surface area contributed by atoms with Crippen LogP contribution in [0.25, 0.3) is 0 Å². The zero-order valence-corrected chi connectivity index (χ0v) is 12.9. The monoisotopic (exact) mass is 299 g/mol. The molecule has 0 aromatic heterocycles.